The highest BCUT2D eigenvalue weighted by molar-refractivity contribution is 5.45. The molecule has 1 heterocycles. The zero-order valence-corrected chi connectivity index (χ0v) is 8.42. The maximum absolute atomic E-state index is 13.4. The Bertz CT molecular complexity index is 430. The summed E-state index contributed by atoms with van der Waals surface area (Å²) in [7, 11) is 0. The molecule has 0 fully saturated rings. The number of alkyl halides is 3. The number of aliphatic hydroxyl groups excluding tert-OH is 1. The normalized spacial score (nSPS) is 16.8. The predicted molar refractivity (Wildman–Crippen MR) is 48.4 cm³/mol. The zero-order valence-electron chi connectivity index (χ0n) is 8.42. The summed E-state index contributed by atoms with van der Waals surface area (Å²) >= 11 is 0. The van der Waals surface area contributed by atoms with E-state index in [1.54, 1.807) is 0 Å². The highest BCUT2D eigenvalue weighted by atomic mass is 19.4. The maximum Gasteiger partial charge on any atom is 0.418 e. The number of ether oxygens (including phenoxy) is 2. The highest BCUT2D eigenvalue weighted by Crippen LogP contribution is 2.39. The Morgan fingerprint density at radius 2 is 1.65 bits per heavy atom. The summed E-state index contributed by atoms with van der Waals surface area (Å²) in [4.78, 5) is 0. The number of halogens is 4. The van der Waals surface area contributed by atoms with Crippen molar-refractivity contribution in [1.29, 1.82) is 0 Å². The first-order valence-electron chi connectivity index (χ1n) is 4.73. The quantitative estimate of drug-likeness (QED) is 0.779. The second-order valence-electron chi connectivity index (χ2n) is 3.46. The SMILES string of the molecule is OC(c1cc2c(cc1F)OCCO2)C(F)(F)F. The van der Waals surface area contributed by atoms with Gasteiger partial charge in [0.1, 0.15) is 19.0 Å². The molecule has 0 bridgehead atoms. The molecule has 2 rings (SSSR count). The van der Waals surface area contributed by atoms with Gasteiger partial charge in [0.2, 0.25) is 0 Å². The molecule has 1 aliphatic heterocycles. The van der Waals surface area contributed by atoms with Crippen molar-refractivity contribution in [1.82, 2.24) is 0 Å². The molecule has 0 saturated carbocycles. The molecule has 0 saturated heterocycles. The minimum absolute atomic E-state index is 0.00375. The number of hydrogen-bond donors (Lipinski definition) is 1. The van der Waals surface area contributed by atoms with Gasteiger partial charge in [0.05, 0.1) is 0 Å². The van der Waals surface area contributed by atoms with Crippen molar-refractivity contribution in [2.75, 3.05) is 13.2 Å². The molecule has 1 N–H and O–H groups in total. The molecule has 1 aliphatic rings. The Balaban J connectivity index is 2.41. The summed E-state index contributed by atoms with van der Waals surface area (Å²) in [5.74, 6) is -1.15. The third kappa shape index (κ3) is 2.28. The van der Waals surface area contributed by atoms with Crippen molar-refractivity contribution >= 4 is 0 Å². The lowest BCUT2D eigenvalue weighted by Crippen LogP contribution is -2.22. The largest absolute Gasteiger partial charge is 0.486 e. The van der Waals surface area contributed by atoms with Crippen LogP contribution in [-0.4, -0.2) is 24.5 Å². The Kier molecular flexibility index (Phi) is 2.86. The van der Waals surface area contributed by atoms with Gasteiger partial charge < -0.3 is 14.6 Å². The lowest BCUT2D eigenvalue weighted by molar-refractivity contribution is -0.207. The minimum atomic E-state index is -4.93. The monoisotopic (exact) mass is 252 g/mol. The van der Waals surface area contributed by atoms with Crippen LogP contribution >= 0.6 is 0 Å². The molecule has 3 nitrogen and oxygen atoms in total. The second-order valence-corrected chi connectivity index (χ2v) is 3.46. The molecular weight excluding hydrogens is 244 g/mol. The molecule has 0 aliphatic carbocycles. The number of aliphatic hydroxyl groups is 1. The van der Waals surface area contributed by atoms with Crippen LogP contribution < -0.4 is 9.47 Å². The van der Waals surface area contributed by atoms with Crippen LogP contribution in [0.2, 0.25) is 0 Å². The molecule has 0 radical (unpaired) electrons. The fraction of sp³-hybridized carbons (Fsp3) is 0.400. The Morgan fingerprint density at radius 1 is 1.12 bits per heavy atom. The number of fused-ring (bicyclic) bond motifs is 1. The second kappa shape index (κ2) is 4.06. The van der Waals surface area contributed by atoms with Gasteiger partial charge in [-0.15, -0.1) is 0 Å². The standard InChI is InChI=1S/C10H8F4O3/c11-6-4-8-7(16-1-2-17-8)3-5(6)9(15)10(12,13)14/h3-4,9,15H,1-2H2. The van der Waals surface area contributed by atoms with Gasteiger partial charge in [0, 0.05) is 11.6 Å². The van der Waals surface area contributed by atoms with Crippen molar-refractivity contribution in [3.05, 3.63) is 23.5 Å². The predicted octanol–water partition coefficient (Wildman–Crippen LogP) is 2.19. The van der Waals surface area contributed by atoms with Crippen LogP contribution in [0.4, 0.5) is 17.6 Å². The van der Waals surface area contributed by atoms with E-state index in [2.05, 4.69) is 0 Å². The first-order chi connectivity index (χ1) is 7.89. The maximum atomic E-state index is 13.4. The first-order valence-corrected chi connectivity index (χ1v) is 4.73. The van der Waals surface area contributed by atoms with Gasteiger partial charge in [-0.3, -0.25) is 0 Å². The third-order valence-electron chi connectivity index (χ3n) is 2.27. The van der Waals surface area contributed by atoms with Gasteiger partial charge in [-0.05, 0) is 6.07 Å². The average molecular weight is 252 g/mol. The van der Waals surface area contributed by atoms with Crippen molar-refractivity contribution in [2.45, 2.75) is 12.3 Å². The van der Waals surface area contributed by atoms with Crippen LogP contribution in [0.5, 0.6) is 11.5 Å². The van der Waals surface area contributed by atoms with E-state index >= 15 is 0 Å². The molecule has 1 atom stereocenters. The molecule has 17 heavy (non-hydrogen) atoms. The lowest BCUT2D eigenvalue weighted by Gasteiger charge is -2.21. The fourth-order valence-corrected chi connectivity index (χ4v) is 1.47. The minimum Gasteiger partial charge on any atom is -0.486 e. The van der Waals surface area contributed by atoms with Gasteiger partial charge in [-0.1, -0.05) is 0 Å². The molecule has 0 amide bonds. The number of hydrogen-bond acceptors (Lipinski definition) is 3. The molecular formula is C10H8F4O3. The van der Waals surface area contributed by atoms with Gasteiger partial charge in [0.25, 0.3) is 0 Å². The van der Waals surface area contributed by atoms with E-state index in [0.717, 1.165) is 12.1 Å². The van der Waals surface area contributed by atoms with Crippen molar-refractivity contribution < 1.29 is 32.1 Å². The van der Waals surface area contributed by atoms with E-state index in [-0.39, 0.29) is 24.7 Å². The summed E-state index contributed by atoms with van der Waals surface area (Å²) < 4.78 is 60.1. The van der Waals surface area contributed by atoms with E-state index < -0.39 is 23.7 Å². The van der Waals surface area contributed by atoms with Crippen LogP contribution in [0.25, 0.3) is 0 Å². The molecule has 94 valence electrons. The first kappa shape index (κ1) is 12.0. The van der Waals surface area contributed by atoms with Crippen LogP contribution in [0.15, 0.2) is 12.1 Å². The van der Waals surface area contributed by atoms with Crippen LogP contribution in [0.3, 0.4) is 0 Å². The number of benzene rings is 1. The van der Waals surface area contributed by atoms with E-state index in [9.17, 15) is 17.6 Å². The highest BCUT2D eigenvalue weighted by Gasteiger charge is 2.41. The van der Waals surface area contributed by atoms with Gasteiger partial charge >= 0.3 is 6.18 Å². The molecule has 7 heteroatoms. The van der Waals surface area contributed by atoms with Gasteiger partial charge in [-0.25, -0.2) is 4.39 Å². The van der Waals surface area contributed by atoms with E-state index in [1.807, 2.05) is 0 Å². The molecule has 0 aromatic heterocycles. The van der Waals surface area contributed by atoms with Crippen molar-refractivity contribution in [3.8, 4) is 11.5 Å². The Labute approximate surface area is 93.6 Å². The third-order valence-corrected chi connectivity index (χ3v) is 2.27. The van der Waals surface area contributed by atoms with E-state index in [1.165, 1.54) is 0 Å². The molecule has 1 unspecified atom stereocenters. The van der Waals surface area contributed by atoms with Crippen LogP contribution in [-0.2, 0) is 0 Å². The summed E-state index contributed by atoms with van der Waals surface area (Å²) in [6, 6.07) is 1.58. The Hall–Kier alpha value is -1.50. The van der Waals surface area contributed by atoms with Crippen molar-refractivity contribution in [2.24, 2.45) is 0 Å². The van der Waals surface area contributed by atoms with E-state index in [0.29, 0.717) is 0 Å². The molecule has 0 spiro atoms. The van der Waals surface area contributed by atoms with Crippen molar-refractivity contribution in [3.63, 3.8) is 0 Å². The average Bonchev–Trinajstić information content (AvgIpc) is 2.26. The fourth-order valence-electron chi connectivity index (χ4n) is 1.47. The van der Waals surface area contributed by atoms with Gasteiger partial charge in [-0.2, -0.15) is 13.2 Å². The summed E-state index contributed by atoms with van der Waals surface area (Å²) in [6.45, 7) is 0.369. The van der Waals surface area contributed by atoms with Gasteiger partial charge in [0.15, 0.2) is 17.6 Å². The number of rotatable bonds is 1. The summed E-state index contributed by atoms with van der Waals surface area (Å²) in [5, 5.41) is 8.98. The Morgan fingerprint density at radius 3 is 2.18 bits per heavy atom. The van der Waals surface area contributed by atoms with Crippen LogP contribution in [0.1, 0.15) is 11.7 Å². The van der Waals surface area contributed by atoms with Crippen LogP contribution in [0, 0.1) is 5.82 Å². The zero-order chi connectivity index (χ0) is 12.6. The molecule has 1 aromatic rings. The summed E-state index contributed by atoms with van der Waals surface area (Å²) in [5.41, 5.74) is -0.873. The smallest absolute Gasteiger partial charge is 0.418 e. The molecule has 1 aromatic carbocycles. The lowest BCUT2D eigenvalue weighted by atomic mass is 10.1. The van der Waals surface area contributed by atoms with E-state index in [4.69, 9.17) is 14.6 Å². The summed E-state index contributed by atoms with van der Waals surface area (Å²) in [6.07, 6.45) is -7.80. The topological polar surface area (TPSA) is 38.7 Å².